The molecular weight excluding hydrogens is 249 g/mol. The van der Waals surface area contributed by atoms with Crippen molar-refractivity contribution in [2.75, 3.05) is 13.7 Å². The standard InChI is InChI=1S/C11H11ClFNO3/c1-17-10(15)4-5-14-11(16)8-3-2-7(12)6-9(8)13/h2-3,6H,4-5H2,1H3,(H,14,16). The quantitative estimate of drug-likeness (QED) is 0.839. The van der Waals surface area contributed by atoms with Gasteiger partial charge in [-0.2, -0.15) is 0 Å². The minimum absolute atomic E-state index is 0.0391. The van der Waals surface area contributed by atoms with E-state index in [0.29, 0.717) is 0 Å². The average Bonchev–Trinajstić information content (AvgIpc) is 2.28. The molecule has 1 rings (SSSR count). The van der Waals surface area contributed by atoms with E-state index in [1.54, 1.807) is 0 Å². The van der Waals surface area contributed by atoms with Crippen LogP contribution in [0.25, 0.3) is 0 Å². The van der Waals surface area contributed by atoms with Crippen LogP contribution in [0.3, 0.4) is 0 Å². The molecule has 0 saturated carbocycles. The number of halogens is 2. The number of rotatable bonds is 4. The van der Waals surface area contributed by atoms with E-state index in [2.05, 4.69) is 10.1 Å². The first-order chi connectivity index (χ1) is 8.04. The van der Waals surface area contributed by atoms with Crippen LogP contribution in [0.4, 0.5) is 4.39 Å². The Bertz CT molecular complexity index is 437. The van der Waals surface area contributed by atoms with Gasteiger partial charge in [0.1, 0.15) is 5.82 Å². The summed E-state index contributed by atoms with van der Waals surface area (Å²) in [6.07, 6.45) is 0.0391. The van der Waals surface area contributed by atoms with Crippen LogP contribution in [0.1, 0.15) is 16.8 Å². The van der Waals surface area contributed by atoms with E-state index in [9.17, 15) is 14.0 Å². The molecular formula is C11H11ClFNO3. The van der Waals surface area contributed by atoms with Crippen molar-refractivity contribution in [3.05, 3.63) is 34.6 Å². The Balaban J connectivity index is 2.55. The SMILES string of the molecule is COC(=O)CCNC(=O)c1ccc(Cl)cc1F. The van der Waals surface area contributed by atoms with Crippen molar-refractivity contribution >= 4 is 23.5 Å². The molecule has 17 heavy (non-hydrogen) atoms. The molecule has 6 heteroatoms. The molecule has 0 aliphatic rings. The predicted molar refractivity (Wildman–Crippen MR) is 60.4 cm³/mol. The Morgan fingerprint density at radius 1 is 1.47 bits per heavy atom. The molecule has 1 aromatic rings. The molecule has 0 radical (unpaired) electrons. The highest BCUT2D eigenvalue weighted by Crippen LogP contribution is 2.14. The minimum atomic E-state index is -0.701. The van der Waals surface area contributed by atoms with E-state index >= 15 is 0 Å². The van der Waals surface area contributed by atoms with Gasteiger partial charge in [-0.05, 0) is 18.2 Å². The van der Waals surface area contributed by atoms with Crippen molar-refractivity contribution in [3.63, 3.8) is 0 Å². The Labute approximate surface area is 103 Å². The Morgan fingerprint density at radius 3 is 2.76 bits per heavy atom. The first-order valence-corrected chi connectivity index (χ1v) is 5.22. The summed E-state index contributed by atoms with van der Waals surface area (Å²) < 4.78 is 17.7. The number of hydrogen-bond acceptors (Lipinski definition) is 3. The molecule has 1 aromatic carbocycles. The molecule has 0 aliphatic heterocycles. The second-order valence-electron chi connectivity index (χ2n) is 3.21. The molecule has 0 aliphatic carbocycles. The molecule has 0 unspecified atom stereocenters. The third-order valence-electron chi connectivity index (χ3n) is 2.02. The smallest absolute Gasteiger partial charge is 0.307 e. The van der Waals surface area contributed by atoms with Gasteiger partial charge in [-0.15, -0.1) is 0 Å². The number of benzene rings is 1. The molecule has 0 heterocycles. The highest BCUT2D eigenvalue weighted by atomic mass is 35.5. The first-order valence-electron chi connectivity index (χ1n) is 4.84. The zero-order valence-electron chi connectivity index (χ0n) is 9.13. The number of carbonyl (C=O) groups is 2. The molecule has 0 bridgehead atoms. The van der Waals surface area contributed by atoms with Crippen LogP contribution in [-0.2, 0) is 9.53 Å². The number of ether oxygens (including phenoxy) is 1. The molecule has 92 valence electrons. The number of amides is 1. The van der Waals surface area contributed by atoms with Crippen molar-refractivity contribution in [1.29, 1.82) is 0 Å². The molecule has 1 N–H and O–H groups in total. The minimum Gasteiger partial charge on any atom is -0.469 e. The van der Waals surface area contributed by atoms with E-state index in [4.69, 9.17) is 11.6 Å². The number of nitrogens with one attached hydrogen (secondary N) is 1. The molecule has 0 saturated heterocycles. The molecule has 4 nitrogen and oxygen atoms in total. The van der Waals surface area contributed by atoms with Crippen LogP contribution in [0.2, 0.25) is 5.02 Å². The Hall–Kier alpha value is -1.62. The van der Waals surface area contributed by atoms with Crippen LogP contribution in [0.15, 0.2) is 18.2 Å². The van der Waals surface area contributed by atoms with Gasteiger partial charge < -0.3 is 10.1 Å². The summed E-state index contributed by atoms with van der Waals surface area (Å²) in [5.74, 6) is -1.74. The zero-order chi connectivity index (χ0) is 12.8. The maximum atomic E-state index is 13.3. The van der Waals surface area contributed by atoms with E-state index in [1.165, 1.54) is 19.2 Å². The van der Waals surface area contributed by atoms with Crippen molar-refractivity contribution in [2.24, 2.45) is 0 Å². The van der Waals surface area contributed by atoms with Gasteiger partial charge in [-0.1, -0.05) is 11.6 Å². The van der Waals surface area contributed by atoms with E-state index in [-0.39, 0.29) is 23.6 Å². The van der Waals surface area contributed by atoms with Gasteiger partial charge in [0.05, 0.1) is 19.1 Å². The second-order valence-corrected chi connectivity index (χ2v) is 3.64. The fourth-order valence-electron chi connectivity index (χ4n) is 1.15. The zero-order valence-corrected chi connectivity index (χ0v) is 9.88. The van der Waals surface area contributed by atoms with E-state index < -0.39 is 17.7 Å². The predicted octanol–water partition coefficient (Wildman–Crippen LogP) is 1.77. The van der Waals surface area contributed by atoms with Crippen LogP contribution < -0.4 is 5.32 Å². The lowest BCUT2D eigenvalue weighted by molar-refractivity contribution is -0.140. The van der Waals surface area contributed by atoms with Gasteiger partial charge in [-0.3, -0.25) is 9.59 Å². The summed E-state index contributed by atoms with van der Waals surface area (Å²) in [6, 6.07) is 3.75. The van der Waals surface area contributed by atoms with Gasteiger partial charge in [0.2, 0.25) is 0 Å². The fraction of sp³-hybridized carbons (Fsp3) is 0.273. The van der Waals surface area contributed by atoms with Gasteiger partial charge in [0.25, 0.3) is 5.91 Å². The Morgan fingerprint density at radius 2 is 2.18 bits per heavy atom. The van der Waals surface area contributed by atoms with Crippen molar-refractivity contribution in [2.45, 2.75) is 6.42 Å². The number of carbonyl (C=O) groups excluding carboxylic acids is 2. The van der Waals surface area contributed by atoms with Gasteiger partial charge in [-0.25, -0.2) is 4.39 Å². The van der Waals surface area contributed by atoms with Crippen LogP contribution in [0, 0.1) is 5.82 Å². The fourth-order valence-corrected chi connectivity index (χ4v) is 1.31. The third-order valence-corrected chi connectivity index (χ3v) is 2.25. The summed E-state index contributed by atoms with van der Waals surface area (Å²) >= 11 is 5.55. The largest absolute Gasteiger partial charge is 0.469 e. The van der Waals surface area contributed by atoms with Gasteiger partial charge in [0, 0.05) is 11.6 Å². The summed E-state index contributed by atoms with van der Waals surface area (Å²) in [7, 11) is 1.25. The van der Waals surface area contributed by atoms with Crippen LogP contribution in [0.5, 0.6) is 0 Å². The van der Waals surface area contributed by atoms with Gasteiger partial charge >= 0.3 is 5.97 Å². The summed E-state index contributed by atoms with van der Waals surface area (Å²) in [5.41, 5.74) is -0.112. The van der Waals surface area contributed by atoms with Crippen molar-refractivity contribution < 1.29 is 18.7 Å². The Kier molecular flexibility index (Phi) is 4.90. The lowest BCUT2D eigenvalue weighted by atomic mass is 10.2. The average molecular weight is 260 g/mol. The maximum Gasteiger partial charge on any atom is 0.307 e. The number of esters is 1. The summed E-state index contributed by atoms with van der Waals surface area (Å²) in [5, 5.41) is 2.62. The molecule has 0 fully saturated rings. The highest BCUT2D eigenvalue weighted by Gasteiger charge is 2.11. The van der Waals surface area contributed by atoms with Crippen LogP contribution >= 0.6 is 11.6 Å². The van der Waals surface area contributed by atoms with Crippen LogP contribution in [-0.4, -0.2) is 25.5 Å². The summed E-state index contributed by atoms with van der Waals surface area (Å²) in [4.78, 5) is 22.3. The number of hydrogen-bond donors (Lipinski definition) is 1. The summed E-state index contributed by atoms with van der Waals surface area (Å²) in [6.45, 7) is 0.0908. The highest BCUT2D eigenvalue weighted by molar-refractivity contribution is 6.30. The maximum absolute atomic E-state index is 13.3. The lowest BCUT2D eigenvalue weighted by Gasteiger charge is -2.05. The van der Waals surface area contributed by atoms with Crippen molar-refractivity contribution in [1.82, 2.24) is 5.32 Å². The van der Waals surface area contributed by atoms with Gasteiger partial charge in [0.15, 0.2) is 0 Å². The topological polar surface area (TPSA) is 55.4 Å². The lowest BCUT2D eigenvalue weighted by Crippen LogP contribution is -2.27. The second kappa shape index (κ2) is 6.20. The first kappa shape index (κ1) is 13.4. The molecule has 0 spiro atoms. The van der Waals surface area contributed by atoms with E-state index in [0.717, 1.165) is 6.07 Å². The molecule has 0 atom stereocenters. The normalized spacial score (nSPS) is 9.82. The molecule has 1 amide bonds. The van der Waals surface area contributed by atoms with Crippen molar-refractivity contribution in [3.8, 4) is 0 Å². The molecule has 0 aromatic heterocycles. The monoisotopic (exact) mass is 259 g/mol. The number of methoxy groups -OCH3 is 1. The van der Waals surface area contributed by atoms with E-state index in [1.807, 2.05) is 0 Å². The third kappa shape index (κ3) is 4.03.